The van der Waals surface area contributed by atoms with Crippen LogP contribution in [-0.4, -0.2) is 10.2 Å². The number of anilines is 2. The maximum atomic E-state index is 12.8. The Hall–Kier alpha value is -2.40. The lowest BCUT2D eigenvalue weighted by Gasteiger charge is -2.00. The van der Waals surface area contributed by atoms with Crippen LogP contribution in [0.15, 0.2) is 52.9 Å². The van der Waals surface area contributed by atoms with Crippen molar-refractivity contribution in [3.05, 3.63) is 59.4 Å². The second-order valence-corrected chi connectivity index (χ2v) is 4.49. The molecule has 0 atom stereocenters. The van der Waals surface area contributed by atoms with Crippen LogP contribution >= 0.6 is 11.6 Å². The van der Waals surface area contributed by atoms with Crippen LogP contribution in [0.1, 0.15) is 0 Å². The molecular formula is C14H9ClFN3O. The second-order valence-electron chi connectivity index (χ2n) is 4.05. The van der Waals surface area contributed by atoms with E-state index in [1.807, 2.05) is 0 Å². The molecule has 3 rings (SSSR count). The van der Waals surface area contributed by atoms with Crippen LogP contribution in [-0.2, 0) is 0 Å². The Balaban J connectivity index is 1.80. The zero-order chi connectivity index (χ0) is 13.9. The van der Waals surface area contributed by atoms with Gasteiger partial charge >= 0.3 is 6.01 Å². The Morgan fingerprint density at radius 2 is 1.65 bits per heavy atom. The third-order valence-corrected chi connectivity index (χ3v) is 2.86. The van der Waals surface area contributed by atoms with E-state index in [0.717, 1.165) is 5.56 Å². The van der Waals surface area contributed by atoms with Crippen LogP contribution in [0.25, 0.3) is 11.5 Å². The SMILES string of the molecule is Fc1ccc(Nc2nnc(-c3ccc(Cl)cc3)o2)cc1. The van der Waals surface area contributed by atoms with E-state index in [1.165, 1.54) is 12.1 Å². The van der Waals surface area contributed by atoms with Crippen LogP contribution in [0, 0.1) is 5.82 Å². The molecule has 0 aliphatic rings. The molecule has 0 aliphatic carbocycles. The topological polar surface area (TPSA) is 51.0 Å². The normalized spacial score (nSPS) is 10.5. The molecule has 20 heavy (non-hydrogen) atoms. The molecule has 0 saturated heterocycles. The predicted molar refractivity (Wildman–Crippen MR) is 74.4 cm³/mol. The Kier molecular flexibility index (Phi) is 3.35. The molecule has 0 unspecified atom stereocenters. The van der Waals surface area contributed by atoms with Gasteiger partial charge in [-0.2, -0.15) is 0 Å². The van der Waals surface area contributed by atoms with E-state index in [2.05, 4.69) is 15.5 Å². The first-order valence-electron chi connectivity index (χ1n) is 5.83. The zero-order valence-corrected chi connectivity index (χ0v) is 10.9. The lowest BCUT2D eigenvalue weighted by atomic mass is 10.2. The highest BCUT2D eigenvalue weighted by Gasteiger charge is 2.08. The van der Waals surface area contributed by atoms with Crippen molar-refractivity contribution in [3.8, 4) is 11.5 Å². The van der Waals surface area contributed by atoms with Crippen LogP contribution in [0.5, 0.6) is 0 Å². The van der Waals surface area contributed by atoms with E-state index in [9.17, 15) is 4.39 Å². The number of aromatic nitrogens is 2. The summed E-state index contributed by atoms with van der Waals surface area (Å²) in [6.07, 6.45) is 0. The third-order valence-electron chi connectivity index (χ3n) is 2.61. The highest BCUT2D eigenvalue weighted by molar-refractivity contribution is 6.30. The van der Waals surface area contributed by atoms with E-state index in [0.29, 0.717) is 16.6 Å². The quantitative estimate of drug-likeness (QED) is 0.782. The molecule has 4 nitrogen and oxygen atoms in total. The first-order valence-corrected chi connectivity index (χ1v) is 6.20. The number of nitrogens with zero attached hydrogens (tertiary/aromatic N) is 2. The average Bonchev–Trinajstić information content (AvgIpc) is 2.91. The minimum atomic E-state index is -0.303. The maximum Gasteiger partial charge on any atom is 0.320 e. The summed E-state index contributed by atoms with van der Waals surface area (Å²) in [4.78, 5) is 0. The fraction of sp³-hybridized carbons (Fsp3) is 0. The summed E-state index contributed by atoms with van der Waals surface area (Å²) in [6.45, 7) is 0. The Morgan fingerprint density at radius 1 is 0.950 bits per heavy atom. The van der Waals surface area contributed by atoms with Crippen molar-refractivity contribution >= 4 is 23.3 Å². The van der Waals surface area contributed by atoms with Gasteiger partial charge in [0, 0.05) is 16.3 Å². The minimum Gasteiger partial charge on any atom is -0.403 e. The molecule has 0 spiro atoms. The van der Waals surface area contributed by atoms with Crippen LogP contribution in [0.2, 0.25) is 5.02 Å². The molecule has 2 aromatic carbocycles. The van der Waals surface area contributed by atoms with Crippen molar-refractivity contribution < 1.29 is 8.81 Å². The van der Waals surface area contributed by atoms with E-state index in [1.54, 1.807) is 36.4 Å². The van der Waals surface area contributed by atoms with Crippen molar-refractivity contribution in [1.29, 1.82) is 0 Å². The number of nitrogens with one attached hydrogen (secondary N) is 1. The summed E-state index contributed by atoms with van der Waals surface area (Å²) < 4.78 is 18.3. The lowest BCUT2D eigenvalue weighted by Crippen LogP contribution is -1.90. The Labute approximate surface area is 119 Å². The average molecular weight is 290 g/mol. The molecule has 3 aromatic rings. The third kappa shape index (κ3) is 2.78. The van der Waals surface area contributed by atoms with Crippen molar-refractivity contribution in [3.63, 3.8) is 0 Å². The number of rotatable bonds is 3. The molecule has 0 aliphatic heterocycles. The molecule has 1 aromatic heterocycles. The second kappa shape index (κ2) is 5.30. The monoisotopic (exact) mass is 289 g/mol. The number of hydrogen-bond acceptors (Lipinski definition) is 4. The predicted octanol–water partition coefficient (Wildman–Crippen LogP) is 4.27. The molecule has 1 N–H and O–H groups in total. The fourth-order valence-electron chi connectivity index (χ4n) is 1.64. The summed E-state index contributed by atoms with van der Waals surface area (Å²) in [5.74, 6) is 0.0780. The largest absolute Gasteiger partial charge is 0.403 e. The molecule has 0 bridgehead atoms. The Bertz CT molecular complexity index is 710. The number of halogens is 2. The van der Waals surface area contributed by atoms with Gasteiger partial charge in [-0.05, 0) is 48.5 Å². The van der Waals surface area contributed by atoms with Crippen LogP contribution < -0.4 is 5.32 Å². The number of benzene rings is 2. The Morgan fingerprint density at radius 3 is 2.35 bits per heavy atom. The van der Waals surface area contributed by atoms with Gasteiger partial charge in [-0.15, -0.1) is 5.10 Å². The molecule has 0 fully saturated rings. The van der Waals surface area contributed by atoms with E-state index < -0.39 is 0 Å². The van der Waals surface area contributed by atoms with Gasteiger partial charge < -0.3 is 9.73 Å². The van der Waals surface area contributed by atoms with Crippen molar-refractivity contribution in [2.75, 3.05) is 5.32 Å². The van der Waals surface area contributed by atoms with Gasteiger partial charge in [0.15, 0.2) is 0 Å². The summed E-state index contributed by atoms with van der Waals surface area (Å²) in [7, 11) is 0. The standard InChI is InChI=1S/C14H9ClFN3O/c15-10-3-1-9(2-4-10)13-18-19-14(20-13)17-12-7-5-11(16)6-8-12/h1-8H,(H,17,19). The highest BCUT2D eigenvalue weighted by Crippen LogP contribution is 2.23. The molecule has 0 saturated carbocycles. The van der Waals surface area contributed by atoms with Gasteiger partial charge in [0.05, 0.1) is 0 Å². The maximum absolute atomic E-state index is 12.8. The summed E-state index contributed by atoms with van der Waals surface area (Å²) in [5, 5.41) is 11.3. The molecule has 0 amide bonds. The zero-order valence-electron chi connectivity index (χ0n) is 10.2. The highest BCUT2D eigenvalue weighted by atomic mass is 35.5. The van der Waals surface area contributed by atoms with Gasteiger partial charge in [0.2, 0.25) is 5.89 Å². The van der Waals surface area contributed by atoms with Crippen molar-refractivity contribution in [2.45, 2.75) is 0 Å². The summed E-state index contributed by atoms with van der Waals surface area (Å²) >= 11 is 5.81. The van der Waals surface area contributed by atoms with E-state index >= 15 is 0 Å². The van der Waals surface area contributed by atoms with Crippen LogP contribution in [0.3, 0.4) is 0 Å². The van der Waals surface area contributed by atoms with Gasteiger partial charge in [-0.3, -0.25) is 0 Å². The smallest absolute Gasteiger partial charge is 0.320 e. The van der Waals surface area contributed by atoms with Gasteiger partial charge in [-0.25, -0.2) is 4.39 Å². The van der Waals surface area contributed by atoms with Gasteiger partial charge in [0.1, 0.15) is 5.82 Å². The van der Waals surface area contributed by atoms with E-state index in [4.69, 9.17) is 16.0 Å². The summed E-state index contributed by atoms with van der Waals surface area (Å²) in [6, 6.07) is 13.2. The molecular weight excluding hydrogens is 281 g/mol. The van der Waals surface area contributed by atoms with Crippen molar-refractivity contribution in [1.82, 2.24) is 10.2 Å². The van der Waals surface area contributed by atoms with Gasteiger partial charge in [-0.1, -0.05) is 16.7 Å². The molecule has 1 heterocycles. The minimum absolute atomic E-state index is 0.238. The first kappa shape index (κ1) is 12.6. The fourth-order valence-corrected chi connectivity index (χ4v) is 1.77. The lowest BCUT2D eigenvalue weighted by molar-refractivity contribution is 0.587. The molecule has 0 radical (unpaired) electrons. The number of hydrogen-bond donors (Lipinski definition) is 1. The molecule has 6 heteroatoms. The van der Waals surface area contributed by atoms with E-state index in [-0.39, 0.29) is 11.8 Å². The van der Waals surface area contributed by atoms with Gasteiger partial charge in [0.25, 0.3) is 0 Å². The van der Waals surface area contributed by atoms with Crippen molar-refractivity contribution in [2.24, 2.45) is 0 Å². The summed E-state index contributed by atoms with van der Waals surface area (Å²) in [5.41, 5.74) is 1.44. The van der Waals surface area contributed by atoms with Crippen LogP contribution in [0.4, 0.5) is 16.1 Å². The molecule has 100 valence electrons. The first-order chi connectivity index (χ1) is 9.70.